The number of nitro benzene ring substituents is 1. The summed E-state index contributed by atoms with van der Waals surface area (Å²) in [6.07, 6.45) is 0. The summed E-state index contributed by atoms with van der Waals surface area (Å²) >= 11 is 7.52. The van der Waals surface area contributed by atoms with Crippen molar-refractivity contribution in [2.24, 2.45) is 4.99 Å². The zero-order valence-electron chi connectivity index (χ0n) is 20.9. The number of nitro groups is 1. The lowest BCUT2D eigenvalue weighted by atomic mass is 10.1. The van der Waals surface area contributed by atoms with Crippen LogP contribution in [0.15, 0.2) is 101 Å². The molecule has 0 aromatic heterocycles. The maximum Gasteiger partial charge on any atom is 0.290 e. The summed E-state index contributed by atoms with van der Waals surface area (Å²) in [4.78, 5) is 19.0. The SMILES string of the molecule is COc1cccc(CN(Cc2ccc(O)cc2)C(=Nc2ccc(Cl)c([N+](=O)[O-])c2)Sc2cccc(C)c2)c1. The number of hydrogen-bond acceptors (Lipinski definition) is 6. The smallest absolute Gasteiger partial charge is 0.290 e. The first-order valence-electron chi connectivity index (χ1n) is 11.7. The van der Waals surface area contributed by atoms with E-state index in [4.69, 9.17) is 21.3 Å². The van der Waals surface area contributed by atoms with Crippen LogP contribution in [0.5, 0.6) is 11.5 Å². The number of ether oxygens (including phenoxy) is 1. The van der Waals surface area contributed by atoms with Crippen LogP contribution in [0.2, 0.25) is 5.02 Å². The normalized spacial score (nSPS) is 11.3. The maximum absolute atomic E-state index is 11.5. The topological polar surface area (TPSA) is 88.2 Å². The number of nitrogens with zero attached hydrogens (tertiary/aromatic N) is 3. The Hall–Kier alpha value is -4.01. The van der Waals surface area contributed by atoms with Crippen LogP contribution in [0.4, 0.5) is 11.4 Å². The zero-order valence-corrected chi connectivity index (χ0v) is 22.4. The molecule has 4 aromatic carbocycles. The van der Waals surface area contributed by atoms with Crippen LogP contribution in [-0.2, 0) is 13.1 Å². The molecule has 0 bridgehead atoms. The van der Waals surface area contributed by atoms with Crippen LogP contribution in [0, 0.1) is 17.0 Å². The molecule has 4 aromatic rings. The maximum atomic E-state index is 11.5. The number of hydrogen-bond donors (Lipinski definition) is 1. The third-order valence-electron chi connectivity index (χ3n) is 5.64. The molecule has 38 heavy (non-hydrogen) atoms. The van der Waals surface area contributed by atoms with Crippen molar-refractivity contribution in [3.63, 3.8) is 0 Å². The van der Waals surface area contributed by atoms with Crippen molar-refractivity contribution in [3.8, 4) is 11.5 Å². The highest BCUT2D eigenvalue weighted by atomic mass is 35.5. The van der Waals surface area contributed by atoms with Crippen molar-refractivity contribution >= 4 is 39.9 Å². The number of methoxy groups -OCH3 is 1. The molecule has 0 saturated heterocycles. The van der Waals surface area contributed by atoms with Gasteiger partial charge in [-0.3, -0.25) is 10.1 Å². The molecule has 0 unspecified atom stereocenters. The van der Waals surface area contributed by atoms with Crippen LogP contribution >= 0.6 is 23.4 Å². The number of aromatic hydroxyl groups is 1. The van der Waals surface area contributed by atoms with Gasteiger partial charge in [-0.15, -0.1) is 0 Å². The van der Waals surface area contributed by atoms with Gasteiger partial charge in [0.1, 0.15) is 16.5 Å². The monoisotopic (exact) mass is 547 g/mol. The van der Waals surface area contributed by atoms with Gasteiger partial charge in [-0.05, 0) is 66.6 Å². The minimum absolute atomic E-state index is 0.0548. The van der Waals surface area contributed by atoms with Crippen LogP contribution in [0.1, 0.15) is 16.7 Å². The van der Waals surface area contributed by atoms with Gasteiger partial charge in [0, 0.05) is 24.1 Å². The van der Waals surface area contributed by atoms with E-state index >= 15 is 0 Å². The van der Waals surface area contributed by atoms with Gasteiger partial charge in [-0.2, -0.15) is 0 Å². The standard InChI is InChI=1S/C29H26ClN3O4S/c1-20-5-3-8-26(15-20)38-29(31-23-11-14-27(30)28(17-23)33(35)36)32(18-21-9-12-24(34)13-10-21)19-22-6-4-7-25(16-22)37-2/h3-17,34H,18-19H2,1-2H3. The molecule has 0 aliphatic heterocycles. The molecule has 7 nitrogen and oxygen atoms in total. The first kappa shape index (κ1) is 27.0. The summed E-state index contributed by atoms with van der Waals surface area (Å²) in [6.45, 7) is 2.99. The third-order valence-corrected chi connectivity index (χ3v) is 6.98. The van der Waals surface area contributed by atoms with E-state index in [0.717, 1.165) is 27.3 Å². The quantitative estimate of drug-likeness (QED) is 0.0797. The number of thioether (sulfide) groups is 1. The van der Waals surface area contributed by atoms with Gasteiger partial charge in [0.05, 0.1) is 17.7 Å². The van der Waals surface area contributed by atoms with Gasteiger partial charge < -0.3 is 14.7 Å². The second-order valence-corrected chi connectivity index (χ2v) is 10.0. The first-order valence-corrected chi connectivity index (χ1v) is 12.9. The van der Waals surface area contributed by atoms with Crippen molar-refractivity contribution in [2.75, 3.05) is 7.11 Å². The van der Waals surface area contributed by atoms with E-state index in [1.165, 1.54) is 23.9 Å². The predicted octanol–water partition coefficient (Wildman–Crippen LogP) is 7.75. The largest absolute Gasteiger partial charge is 0.508 e. The van der Waals surface area contributed by atoms with Crippen molar-refractivity contribution in [3.05, 3.63) is 123 Å². The molecule has 0 spiro atoms. The van der Waals surface area contributed by atoms with Crippen molar-refractivity contribution in [2.45, 2.75) is 24.9 Å². The summed E-state index contributed by atoms with van der Waals surface area (Å²) in [5.41, 5.74) is 3.28. The van der Waals surface area contributed by atoms with E-state index < -0.39 is 4.92 Å². The minimum Gasteiger partial charge on any atom is -0.508 e. The van der Waals surface area contributed by atoms with Crippen LogP contribution in [0.3, 0.4) is 0 Å². The summed E-state index contributed by atoms with van der Waals surface area (Å²) in [5.74, 6) is 0.926. The molecule has 0 saturated carbocycles. The third kappa shape index (κ3) is 7.27. The molecular weight excluding hydrogens is 522 g/mol. The summed E-state index contributed by atoms with van der Waals surface area (Å²) in [5, 5.41) is 22.0. The molecule has 0 aliphatic carbocycles. The number of halogens is 1. The molecule has 9 heteroatoms. The Morgan fingerprint density at radius 3 is 2.45 bits per heavy atom. The van der Waals surface area contributed by atoms with Crippen LogP contribution in [0.25, 0.3) is 0 Å². The molecule has 0 atom stereocenters. The Balaban J connectivity index is 1.81. The van der Waals surface area contributed by atoms with Crippen molar-refractivity contribution < 1.29 is 14.8 Å². The van der Waals surface area contributed by atoms with Gasteiger partial charge in [0.15, 0.2) is 5.17 Å². The molecular formula is C29H26ClN3O4S. The molecule has 1 N–H and O–H groups in total. The van der Waals surface area contributed by atoms with E-state index in [0.29, 0.717) is 23.9 Å². The predicted molar refractivity (Wildman–Crippen MR) is 153 cm³/mol. The lowest BCUT2D eigenvalue weighted by Gasteiger charge is -2.26. The molecule has 0 amide bonds. The van der Waals surface area contributed by atoms with E-state index in [-0.39, 0.29) is 16.5 Å². The van der Waals surface area contributed by atoms with E-state index in [2.05, 4.69) is 11.0 Å². The molecule has 0 radical (unpaired) electrons. The van der Waals surface area contributed by atoms with Crippen LogP contribution < -0.4 is 4.74 Å². The van der Waals surface area contributed by atoms with Crippen molar-refractivity contribution in [1.82, 2.24) is 4.90 Å². The number of rotatable bonds is 8. The van der Waals surface area contributed by atoms with E-state index in [9.17, 15) is 15.2 Å². The number of phenolic OH excluding ortho intramolecular Hbond substituents is 1. The molecule has 0 heterocycles. The zero-order chi connectivity index (χ0) is 27.1. The highest BCUT2D eigenvalue weighted by molar-refractivity contribution is 8.13. The fourth-order valence-electron chi connectivity index (χ4n) is 3.77. The van der Waals surface area contributed by atoms with Gasteiger partial charge >= 0.3 is 0 Å². The lowest BCUT2D eigenvalue weighted by molar-refractivity contribution is -0.384. The first-order chi connectivity index (χ1) is 18.3. The lowest BCUT2D eigenvalue weighted by Crippen LogP contribution is -2.28. The fraction of sp³-hybridized carbons (Fsp3) is 0.138. The van der Waals surface area contributed by atoms with E-state index in [1.54, 1.807) is 25.3 Å². The summed E-state index contributed by atoms with van der Waals surface area (Å²) in [6, 6.07) is 27.4. The Labute approximate surface area is 230 Å². The summed E-state index contributed by atoms with van der Waals surface area (Å²) in [7, 11) is 1.63. The number of amidine groups is 1. The van der Waals surface area contributed by atoms with Gasteiger partial charge in [-0.25, -0.2) is 4.99 Å². The highest BCUT2D eigenvalue weighted by Crippen LogP contribution is 2.32. The molecule has 194 valence electrons. The Bertz CT molecular complexity index is 1460. The van der Waals surface area contributed by atoms with Gasteiger partial charge in [0.2, 0.25) is 0 Å². The average Bonchev–Trinajstić information content (AvgIpc) is 2.90. The van der Waals surface area contributed by atoms with Crippen LogP contribution in [-0.4, -0.2) is 27.2 Å². The Kier molecular flexibility index (Phi) is 8.89. The number of benzene rings is 4. The fourth-order valence-corrected chi connectivity index (χ4v) is 4.97. The highest BCUT2D eigenvalue weighted by Gasteiger charge is 2.18. The summed E-state index contributed by atoms with van der Waals surface area (Å²) < 4.78 is 5.42. The average molecular weight is 548 g/mol. The Morgan fingerprint density at radius 1 is 1.00 bits per heavy atom. The molecule has 4 rings (SSSR count). The van der Waals surface area contributed by atoms with E-state index in [1.807, 2.05) is 61.5 Å². The number of phenols is 1. The second-order valence-electron chi connectivity index (χ2n) is 8.58. The molecule has 0 fully saturated rings. The number of aryl methyl sites for hydroxylation is 1. The Morgan fingerprint density at radius 2 is 1.74 bits per heavy atom. The molecule has 0 aliphatic rings. The second kappa shape index (κ2) is 12.5. The van der Waals surface area contributed by atoms with Crippen molar-refractivity contribution in [1.29, 1.82) is 0 Å². The van der Waals surface area contributed by atoms with Gasteiger partial charge in [0.25, 0.3) is 5.69 Å². The van der Waals surface area contributed by atoms with Gasteiger partial charge in [-0.1, -0.05) is 65.3 Å². The minimum atomic E-state index is -0.515. The number of aliphatic imine (C=N–C) groups is 1.